The van der Waals surface area contributed by atoms with Gasteiger partial charge in [0, 0.05) is 21.5 Å². The maximum atomic E-state index is 15.6. The highest BCUT2D eigenvalue weighted by molar-refractivity contribution is 6.15. The number of halogens is 3. The number of nitriles is 4. The van der Waals surface area contributed by atoms with E-state index in [0.29, 0.717) is 55.6 Å². The van der Waals surface area contributed by atoms with Crippen LogP contribution in [0.15, 0.2) is 200 Å². The van der Waals surface area contributed by atoms with Crippen molar-refractivity contribution in [2.24, 2.45) is 0 Å². The van der Waals surface area contributed by atoms with Crippen molar-refractivity contribution in [3.8, 4) is 91.3 Å². The van der Waals surface area contributed by atoms with Crippen LogP contribution < -0.4 is 0 Å². The van der Waals surface area contributed by atoms with Crippen LogP contribution >= 0.6 is 0 Å². The molecular formula is C67H36F3N7. The van der Waals surface area contributed by atoms with Crippen LogP contribution in [0.2, 0.25) is 0 Å². The maximum Gasteiger partial charge on any atom is 0.417 e. The highest BCUT2D eigenvalue weighted by Crippen LogP contribution is 2.50. The highest BCUT2D eigenvalue weighted by Gasteiger charge is 2.36. The van der Waals surface area contributed by atoms with Crippen molar-refractivity contribution in [3.63, 3.8) is 0 Å². The molecule has 12 aromatic rings. The van der Waals surface area contributed by atoms with E-state index in [4.69, 9.17) is 0 Å². The van der Waals surface area contributed by atoms with Gasteiger partial charge in [-0.15, -0.1) is 0 Å². The van der Waals surface area contributed by atoms with Gasteiger partial charge < -0.3 is 9.13 Å². The smallest absolute Gasteiger partial charge is 0.319 e. The molecule has 360 valence electrons. The molecule has 0 aliphatic rings. The molecule has 7 nitrogen and oxygen atoms in total. The number of nitrogens with zero attached hydrogens (tertiary/aromatic N) is 7. The fraction of sp³-hybridized carbons (Fsp3) is 0.0299. The lowest BCUT2D eigenvalue weighted by molar-refractivity contribution is -0.137. The number of aromatic nitrogens is 2. The lowest BCUT2D eigenvalue weighted by Gasteiger charge is -2.23. The van der Waals surface area contributed by atoms with Crippen molar-refractivity contribution >= 4 is 49.3 Å². The van der Waals surface area contributed by atoms with Crippen molar-refractivity contribution in [1.29, 1.82) is 21.0 Å². The average Bonchev–Trinajstić information content (AvgIpc) is 3.99. The molecule has 2 aromatic heterocycles. The van der Waals surface area contributed by atoms with E-state index < -0.39 is 11.7 Å². The Morgan fingerprint density at radius 2 is 0.766 bits per heavy atom. The Kier molecular flexibility index (Phi) is 11.3. The SMILES string of the molecule is [C-]#[N+]c1c(-n2c3cc(-c4cccc(C#N)c4)ccc3c3ccc(-c4cccc(C#N)c4)cc32)ccc(-c2c(C)cccc2C(F)(F)F)c1-n1c2cc(-c3cccc(C#N)c3)ccc2c2ccc(-c3cccc(C#N)c3)cc21. The van der Waals surface area contributed by atoms with E-state index in [-0.39, 0.29) is 22.5 Å². The van der Waals surface area contributed by atoms with Crippen LogP contribution in [-0.2, 0) is 6.18 Å². The van der Waals surface area contributed by atoms with Crippen molar-refractivity contribution in [2.75, 3.05) is 0 Å². The van der Waals surface area contributed by atoms with E-state index in [0.717, 1.165) is 72.1 Å². The van der Waals surface area contributed by atoms with Gasteiger partial charge in [-0.05, 0) is 153 Å². The minimum absolute atomic E-state index is 0.0546. The topological polar surface area (TPSA) is 109 Å². The van der Waals surface area contributed by atoms with Crippen LogP contribution in [0.5, 0.6) is 0 Å². The van der Waals surface area contributed by atoms with E-state index in [1.165, 1.54) is 6.07 Å². The summed E-state index contributed by atoms with van der Waals surface area (Å²) in [5, 5.41) is 42.9. The standard InChI is InChI=1S/C67H36F3N7/c1-40-8-3-17-58(67(68,69)70)64(40)57-26-27-59(76-60-32-49(45-13-4-9-41(28-45)36-71)18-22-53(60)54-23-19-50(33-61(54)76)46-14-5-10-42(29-46)37-72)65(75-2)66(57)77-62-34-51(47-15-6-11-43(30-47)38-73)20-24-55(62)56-25-21-52(35-63(56)77)48-16-7-12-44(31-48)39-74/h3-35H,1H3. The first kappa shape index (κ1) is 47.1. The van der Waals surface area contributed by atoms with Gasteiger partial charge in [-0.3, -0.25) is 0 Å². The van der Waals surface area contributed by atoms with Crippen molar-refractivity contribution in [1.82, 2.24) is 9.13 Å². The summed E-state index contributed by atoms with van der Waals surface area (Å²) in [7, 11) is 0. The fourth-order valence-corrected chi connectivity index (χ4v) is 10.9. The molecule has 12 rings (SSSR count). The Hall–Kier alpha value is -11.0. The minimum atomic E-state index is -4.79. The third kappa shape index (κ3) is 7.97. The van der Waals surface area contributed by atoms with Crippen LogP contribution in [0.3, 0.4) is 0 Å². The molecular weight excluding hydrogens is 960 g/mol. The van der Waals surface area contributed by atoms with Gasteiger partial charge in [0.1, 0.15) is 0 Å². The minimum Gasteiger partial charge on any atom is -0.319 e. The lowest BCUT2D eigenvalue weighted by atomic mass is 9.92. The molecule has 0 saturated heterocycles. The van der Waals surface area contributed by atoms with Crippen LogP contribution in [0, 0.1) is 58.8 Å². The number of alkyl halides is 3. The molecule has 0 aliphatic carbocycles. The number of aryl methyl sites for hydroxylation is 1. The van der Waals surface area contributed by atoms with Crippen molar-refractivity contribution in [2.45, 2.75) is 13.1 Å². The molecule has 0 bridgehead atoms. The normalized spacial score (nSPS) is 11.3. The Bertz CT molecular complexity index is 4480. The first-order valence-corrected chi connectivity index (χ1v) is 24.4. The summed E-state index contributed by atoms with van der Waals surface area (Å²) in [6, 6.07) is 69.2. The third-order valence-corrected chi connectivity index (χ3v) is 14.4. The predicted molar refractivity (Wildman–Crippen MR) is 297 cm³/mol. The molecule has 0 aliphatic heterocycles. The number of hydrogen-bond acceptors (Lipinski definition) is 4. The fourth-order valence-electron chi connectivity index (χ4n) is 10.9. The quantitative estimate of drug-likeness (QED) is 0.148. The maximum absolute atomic E-state index is 15.6. The zero-order chi connectivity index (χ0) is 53.1. The molecule has 0 fully saturated rings. The Labute approximate surface area is 440 Å². The summed E-state index contributed by atoms with van der Waals surface area (Å²) in [4.78, 5) is 4.41. The third-order valence-electron chi connectivity index (χ3n) is 14.4. The lowest BCUT2D eigenvalue weighted by Crippen LogP contribution is -2.10. The van der Waals surface area contributed by atoms with Crippen molar-refractivity contribution < 1.29 is 13.2 Å². The van der Waals surface area contributed by atoms with Crippen LogP contribution in [-0.4, -0.2) is 9.13 Å². The van der Waals surface area contributed by atoms with Gasteiger partial charge in [-0.2, -0.15) is 34.2 Å². The second kappa shape index (κ2) is 18.5. The molecule has 0 spiro atoms. The van der Waals surface area contributed by atoms with Gasteiger partial charge in [0.05, 0.1) is 92.1 Å². The van der Waals surface area contributed by atoms with Crippen LogP contribution in [0.1, 0.15) is 33.4 Å². The van der Waals surface area contributed by atoms with E-state index in [2.05, 4.69) is 29.1 Å². The van der Waals surface area contributed by atoms with Gasteiger partial charge in [0.25, 0.3) is 0 Å². The molecule has 0 amide bonds. The molecule has 0 radical (unpaired) electrons. The zero-order valence-corrected chi connectivity index (χ0v) is 40.8. The largest absolute Gasteiger partial charge is 0.417 e. The summed E-state index contributed by atoms with van der Waals surface area (Å²) in [5.74, 6) is 0. The molecule has 10 heteroatoms. The van der Waals surface area contributed by atoms with Gasteiger partial charge in [0.2, 0.25) is 5.69 Å². The average molecular weight is 996 g/mol. The summed E-state index contributed by atoms with van der Waals surface area (Å²) in [6.45, 7) is 11.0. The van der Waals surface area contributed by atoms with Gasteiger partial charge >= 0.3 is 6.18 Å². The molecule has 77 heavy (non-hydrogen) atoms. The summed E-state index contributed by atoms with van der Waals surface area (Å²) in [6.07, 6.45) is -4.79. The molecule has 0 N–H and O–H groups in total. The van der Waals surface area contributed by atoms with Crippen LogP contribution in [0.4, 0.5) is 18.9 Å². The zero-order valence-electron chi connectivity index (χ0n) is 40.8. The van der Waals surface area contributed by atoms with E-state index in [9.17, 15) is 27.6 Å². The molecule has 2 heterocycles. The molecule has 0 saturated carbocycles. The second-order valence-corrected chi connectivity index (χ2v) is 18.8. The molecule has 10 aromatic carbocycles. The Morgan fingerprint density at radius 3 is 1.12 bits per heavy atom. The summed E-state index contributed by atoms with van der Waals surface area (Å²) >= 11 is 0. The van der Waals surface area contributed by atoms with E-state index in [1.54, 1.807) is 73.7 Å². The molecule has 0 unspecified atom stereocenters. The van der Waals surface area contributed by atoms with Gasteiger partial charge in [-0.1, -0.05) is 115 Å². The monoisotopic (exact) mass is 995 g/mol. The number of rotatable bonds is 7. The predicted octanol–water partition coefficient (Wildman–Crippen LogP) is 17.6. The summed E-state index contributed by atoms with van der Waals surface area (Å²) < 4.78 is 50.8. The number of fused-ring (bicyclic) bond motifs is 6. The van der Waals surface area contributed by atoms with Gasteiger partial charge in [0.15, 0.2) is 0 Å². The highest BCUT2D eigenvalue weighted by atomic mass is 19.4. The number of hydrogen-bond donors (Lipinski definition) is 0. The van der Waals surface area contributed by atoms with E-state index >= 15 is 13.2 Å². The van der Waals surface area contributed by atoms with E-state index in [1.807, 2.05) is 130 Å². The summed E-state index contributed by atoms with van der Waals surface area (Å²) in [5.41, 5.74) is 10.7. The first-order chi connectivity index (χ1) is 37.5. The van der Waals surface area contributed by atoms with Gasteiger partial charge in [-0.25, -0.2) is 4.85 Å². The second-order valence-electron chi connectivity index (χ2n) is 18.8. The number of benzene rings is 10. The molecule has 0 atom stereocenters. The first-order valence-electron chi connectivity index (χ1n) is 24.4. The van der Waals surface area contributed by atoms with Crippen molar-refractivity contribution in [3.05, 3.63) is 245 Å². The van der Waals surface area contributed by atoms with Crippen LogP contribution in [0.25, 0.3) is 115 Å². The Morgan fingerprint density at radius 1 is 0.416 bits per heavy atom. The Balaban J connectivity index is 1.26.